The second kappa shape index (κ2) is 7.09. The molecule has 0 radical (unpaired) electrons. The van der Waals surface area contributed by atoms with Gasteiger partial charge in [0, 0.05) is 26.2 Å². The molecule has 0 aromatic carbocycles. The van der Waals surface area contributed by atoms with Crippen LogP contribution < -0.4 is 0 Å². The van der Waals surface area contributed by atoms with Crippen LogP contribution in [0.5, 0.6) is 0 Å². The van der Waals surface area contributed by atoms with Crippen LogP contribution >= 0.6 is 12.2 Å². The number of nitrogens with zero attached hydrogens (tertiary/aromatic N) is 2. The van der Waals surface area contributed by atoms with Crippen LogP contribution in [-0.2, 0) is 4.84 Å². The van der Waals surface area contributed by atoms with Crippen molar-refractivity contribution in [1.29, 1.82) is 0 Å². The van der Waals surface area contributed by atoms with E-state index in [0.29, 0.717) is 5.17 Å². The van der Waals surface area contributed by atoms with Gasteiger partial charge in [-0.25, -0.2) is 0 Å². The molecular formula is C9H20N2OS. The molecule has 78 valence electrons. The summed E-state index contributed by atoms with van der Waals surface area (Å²) in [5, 5.41) is 2.43. The molecular weight excluding hydrogens is 184 g/mol. The number of thiocarbonyl (C=S) groups is 1. The first-order chi connectivity index (χ1) is 6.19. The Morgan fingerprint density at radius 3 is 1.77 bits per heavy atom. The zero-order valence-electron chi connectivity index (χ0n) is 9.04. The van der Waals surface area contributed by atoms with Gasteiger partial charge in [0.2, 0.25) is 0 Å². The molecule has 0 spiro atoms. The molecule has 0 aliphatic rings. The third-order valence-corrected chi connectivity index (χ3v) is 2.27. The lowest BCUT2D eigenvalue weighted by molar-refractivity contribution is -0.0730. The minimum Gasteiger partial charge on any atom is -0.375 e. The summed E-state index contributed by atoms with van der Waals surface area (Å²) in [4.78, 5) is 7.50. The highest BCUT2D eigenvalue weighted by Gasteiger charge is 2.09. The normalized spacial score (nSPS) is 10.2. The van der Waals surface area contributed by atoms with E-state index < -0.39 is 0 Å². The standard InChI is InChI=1S/C9H20N2OS/c1-5-10(6-2)9(13)12-11(7-3)8-4/h5-8H2,1-4H3. The van der Waals surface area contributed by atoms with Gasteiger partial charge >= 0.3 is 0 Å². The second-order valence-electron chi connectivity index (χ2n) is 2.64. The van der Waals surface area contributed by atoms with Gasteiger partial charge < -0.3 is 9.74 Å². The van der Waals surface area contributed by atoms with Crippen molar-refractivity contribution in [3.63, 3.8) is 0 Å². The first-order valence-electron chi connectivity index (χ1n) is 4.91. The van der Waals surface area contributed by atoms with Crippen molar-refractivity contribution in [2.24, 2.45) is 0 Å². The Morgan fingerprint density at radius 1 is 1.00 bits per heavy atom. The summed E-state index contributed by atoms with van der Waals surface area (Å²) in [6, 6.07) is 0. The van der Waals surface area contributed by atoms with E-state index in [1.807, 2.05) is 23.8 Å². The molecule has 0 heterocycles. The fourth-order valence-electron chi connectivity index (χ4n) is 1.00. The van der Waals surface area contributed by atoms with Crippen molar-refractivity contribution in [3.05, 3.63) is 0 Å². The first-order valence-corrected chi connectivity index (χ1v) is 5.32. The van der Waals surface area contributed by atoms with Gasteiger partial charge in [-0.2, -0.15) is 0 Å². The zero-order chi connectivity index (χ0) is 10.3. The Morgan fingerprint density at radius 2 is 1.46 bits per heavy atom. The molecule has 0 atom stereocenters. The smallest absolute Gasteiger partial charge is 0.281 e. The SMILES string of the molecule is CCN(CC)OC(=S)N(CC)CC. The molecule has 0 aromatic heterocycles. The lowest BCUT2D eigenvalue weighted by Gasteiger charge is -2.26. The summed E-state index contributed by atoms with van der Waals surface area (Å²) in [6.07, 6.45) is 0. The van der Waals surface area contributed by atoms with E-state index >= 15 is 0 Å². The summed E-state index contributed by atoms with van der Waals surface area (Å²) < 4.78 is 0. The summed E-state index contributed by atoms with van der Waals surface area (Å²) in [7, 11) is 0. The molecule has 0 amide bonds. The van der Waals surface area contributed by atoms with Crippen molar-refractivity contribution in [2.45, 2.75) is 27.7 Å². The van der Waals surface area contributed by atoms with E-state index in [0.717, 1.165) is 26.2 Å². The van der Waals surface area contributed by atoms with Gasteiger partial charge in [-0.15, -0.1) is 5.06 Å². The molecule has 0 aliphatic carbocycles. The monoisotopic (exact) mass is 204 g/mol. The molecule has 0 saturated heterocycles. The van der Waals surface area contributed by atoms with Crippen LogP contribution in [0.3, 0.4) is 0 Å². The molecule has 0 fully saturated rings. The molecule has 0 N–H and O–H groups in total. The van der Waals surface area contributed by atoms with Crippen LogP contribution in [0.25, 0.3) is 0 Å². The predicted molar refractivity (Wildman–Crippen MR) is 59.5 cm³/mol. The lowest BCUT2D eigenvalue weighted by Crippen LogP contribution is -2.37. The van der Waals surface area contributed by atoms with Crippen molar-refractivity contribution >= 4 is 17.4 Å². The minimum absolute atomic E-state index is 0.578. The van der Waals surface area contributed by atoms with Crippen LogP contribution in [0.15, 0.2) is 0 Å². The van der Waals surface area contributed by atoms with Gasteiger partial charge in [-0.1, -0.05) is 0 Å². The summed E-state index contributed by atoms with van der Waals surface area (Å²) in [5.41, 5.74) is 0. The molecule has 3 nitrogen and oxygen atoms in total. The van der Waals surface area contributed by atoms with Gasteiger partial charge in [-0.3, -0.25) is 0 Å². The van der Waals surface area contributed by atoms with E-state index in [-0.39, 0.29) is 0 Å². The molecule has 0 saturated carbocycles. The number of hydroxylamine groups is 2. The maximum atomic E-state index is 5.48. The third-order valence-electron chi connectivity index (χ3n) is 1.93. The van der Waals surface area contributed by atoms with Crippen molar-refractivity contribution in [2.75, 3.05) is 26.2 Å². The van der Waals surface area contributed by atoms with Crippen LogP contribution in [0.2, 0.25) is 0 Å². The van der Waals surface area contributed by atoms with Crippen LogP contribution in [0, 0.1) is 0 Å². The van der Waals surface area contributed by atoms with Crippen molar-refractivity contribution < 1.29 is 4.84 Å². The van der Waals surface area contributed by atoms with E-state index in [9.17, 15) is 0 Å². The molecule has 0 unspecified atom stereocenters. The van der Waals surface area contributed by atoms with Crippen LogP contribution in [0.1, 0.15) is 27.7 Å². The van der Waals surface area contributed by atoms with Crippen LogP contribution in [-0.4, -0.2) is 41.3 Å². The van der Waals surface area contributed by atoms with Crippen LogP contribution in [0.4, 0.5) is 0 Å². The largest absolute Gasteiger partial charge is 0.375 e. The summed E-state index contributed by atoms with van der Waals surface area (Å²) in [6.45, 7) is 11.8. The summed E-state index contributed by atoms with van der Waals surface area (Å²) >= 11 is 5.14. The van der Waals surface area contributed by atoms with E-state index in [4.69, 9.17) is 17.1 Å². The Hall–Kier alpha value is -0.350. The second-order valence-corrected chi connectivity index (χ2v) is 2.99. The zero-order valence-corrected chi connectivity index (χ0v) is 9.86. The lowest BCUT2D eigenvalue weighted by atomic mass is 10.6. The Bertz CT molecular complexity index is 145. The average Bonchev–Trinajstić information content (AvgIpc) is 2.16. The Balaban J connectivity index is 3.95. The van der Waals surface area contributed by atoms with Crippen molar-refractivity contribution in [1.82, 2.24) is 9.96 Å². The number of hydrogen-bond acceptors (Lipinski definition) is 3. The molecule has 4 heteroatoms. The first kappa shape index (κ1) is 12.7. The molecule has 0 aliphatic heterocycles. The quantitative estimate of drug-likeness (QED) is 0.502. The minimum atomic E-state index is 0.578. The maximum absolute atomic E-state index is 5.48. The maximum Gasteiger partial charge on any atom is 0.281 e. The van der Waals surface area contributed by atoms with E-state index in [2.05, 4.69) is 13.8 Å². The fraction of sp³-hybridized carbons (Fsp3) is 0.889. The molecule has 0 rings (SSSR count). The average molecular weight is 204 g/mol. The Kier molecular flexibility index (Phi) is 6.90. The molecule has 0 bridgehead atoms. The molecule has 0 aromatic rings. The van der Waals surface area contributed by atoms with Gasteiger partial charge in [0.15, 0.2) is 0 Å². The van der Waals surface area contributed by atoms with E-state index in [1.54, 1.807) is 0 Å². The fourth-order valence-corrected chi connectivity index (χ4v) is 1.37. The number of rotatable bonds is 5. The highest BCUT2D eigenvalue weighted by atomic mass is 32.1. The number of hydrogen-bond donors (Lipinski definition) is 0. The molecule has 13 heavy (non-hydrogen) atoms. The third kappa shape index (κ3) is 4.43. The highest BCUT2D eigenvalue weighted by molar-refractivity contribution is 7.80. The Labute approximate surface area is 86.6 Å². The summed E-state index contributed by atoms with van der Waals surface area (Å²) in [5.74, 6) is 0. The van der Waals surface area contributed by atoms with Gasteiger partial charge in [0.1, 0.15) is 0 Å². The van der Waals surface area contributed by atoms with Gasteiger partial charge in [0.05, 0.1) is 0 Å². The topological polar surface area (TPSA) is 15.7 Å². The van der Waals surface area contributed by atoms with Gasteiger partial charge in [0.25, 0.3) is 5.17 Å². The van der Waals surface area contributed by atoms with Crippen molar-refractivity contribution in [3.8, 4) is 0 Å². The highest BCUT2D eigenvalue weighted by Crippen LogP contribution is 1.98. The predicted octanol–water partition coefficient (Wildman–Crippen LogP) is 1.89. The van der Waals surface area contributed by atoms with Gasteiger partial charge in [-0.05, 0) is 39.9 Å². The van der Waals surface area contributed by atoms with E-state index in [1.165, 1.54) is 0 Å².